The van der Waals surface area contributed by atoms with Gasteiger partial charge in [-0.25, -0.2) is 0 Å². The van der Waals surface area contributed by atoms with Crippen LogP contribution in [0.4, 0.5) is 0 Å². The van der Waals surface area contributed by atoms with Crippen molar-refractivity contribution in [2.75, 3.05) is 13.2 Å². The molecule has 0 spiro atoms. The number of carboxylic acids is 1. The Kier molecular flexibility index (Phi) is 4.20. The van der Waals surface area contributed by atoms with Crippen molar-refractivity contribution in [1.82, 2.24) is 0 Å². The third-order valence-corrected chi connectivity index (χ3v) is 1.15. The summed E-state index contributed by atoms with van der Waals surface area (Å²) >= 11 is 0. The van der Waals surface area contributed by atoms with Crippen LogP contribution >= 0.6 is 0 Å². The van der Waals surface area contributed by atoms with Crippen LogP contribution in [-0.4, -0.2) is 30.3 Å². The van der Waals surface area contributed by atoms with Crippen molar-refractivity contribution in [2.24, 2.45) is 11.1 Å². The van der Waals surface area contributed by atoms with Gasteiger partial charge in [-0.1, -0.05) is 20.8 Å². The fraction of sp³-hybridized carbons (Fsp3) is 0.875. The SMILES string of the molecule is CC(C)(C)COC[C@H](N)C(=O)O. The number of carboxylic acid groups (broad SMARTS) is 1. The summed E-state index contributed by atoms with van der Waals surface area (Å²) in [5, 5.41) is 8.41. The van der Waals surface area contributed by atoms with Gasteiger partial charge in [-0.2, -0.15) is 0 Å². The molecule has 0 aliphatic heterocycles. The van der Waals surface area contributed by atoms with Gasteiger partial charge in [-0.15, -0.1) is 0 Å². The van der Waals surface area contributed by atoms with Gasteiger partial charge >= 0.3 is 5.97 Å². The number of ether oxygens (including phenoxy) is 1. The molecule has 4 nitrogen and oxygen atoms in total. The average Bonchev–Trinajstić information content (AvgIpc) is 1.84. The molecule has 0 aromatic carbocycles. The molecule has 72 valence electrons. The zero-order valence-corrected chi connectivity index (χ0v) is 7.83. The van der Waals surface area contributed by atoms with E-state index in [9.17, 15) is 4.79 Å². The predicted molar refractivity (Wildman–Crippen MR) is 45.9 cm³/mol. The molecule has 0 rings (SSSR count). The van der Waals surface area contributed by atoms with Gasteiger partial charge in [0, 0.05) is 0 Å². The normalized spacial score (nSPS) is 14.3. The quantitative estimate of drug-likeness (QED) is 0.651. The van der Waals surface area contributed by atoms with Crippen molar-refractivity contribution in [3.05, 3.63) is 0 Å². The Hall–Kier alpha value is -0.610. The summed E-state index contributed by atoms with van der Waals surface area (Å²) in [6.45, 7) is 6.64. The first kappa shape index (κ1) is 11.4. The molecule has 0 aliphatic rings. The number of carbonyl (C=O) groups is 1. The fourth-order valence-electron chi connectivity index (χ4n) is 0.563. The Morgan fingerprint density at radius 2 is 2.08 bits per heavy atom. The van der Waals surface area contributed by atoms with Crippen molar-refractivity contribution >= 4 is 5.97 Å². The van der Waals surface area contributed by atoms with Gasteiger partial charge in [0.1, 0.15) is 6.04 Å². The van der Waals surface area contributed by atoms with Crippen LogP contribution in [0.5, 0.6) is 0 Å². The fourth-order valence-corrected chi connectivity index (χ4v) is 0.563. The van der Waals surface area contributed by atoms with Crippen LogP contribution in [0.1, 0.15) is 20.8 Å². The van der Waals surface area contributed by atoms with Crippen LogP contribution in [0, 0.1) is 5.41 Å². The number of rotatable bonds is 4. The number of nitrogens with two attached hydrogens (primary N) is 1. The van der Waals surface area contributed by atoms with Crippen molar-refractivity contribution in [2.45, 2.75) is 26.8 Å². The summed E-state index contributed by atoms with van der Waals surface area (Å²) in [7, 11) is 0. The van der Waals surface area contributed by atoms with Gasteiger partial charge in [0.2, 0.25) is 0 Å². The van der Waals surface area contributed by atoms with Crippen molar-refractivity contribution in [3.8, 4) is 0 Å². The third kappa shape index (κ3) is 6.12. The molecule has 0 saturated carbocycles. The molecule has 0 aromatic heterocycles. The summed E-state index contributed by atoms with van der Waals surface area (Å²) < 4.78 is 5.12. The molecule has 0 amide bonds. The Balaban J connectivity index is 3.51. The summed E-state index contributed by atoms with van der Waals surface area (Å²) in [4.78, 5) is 10.2. The van der Waals surface area contributed by atoms with Gasteiger partial charge in [0.15, 0.2) is 0 Å². The maximum absolute atomic E-state index is 10.2. The van der Waals surface area contributed by atoms with Gasteiger partial charge in [-0.05, 0) is 5.41 Å². The summed E-state index contributed by atoms with van der Waals surface area (Å²) in [6, 6.07) is -0.910. The van der Waals surface area contributed by atoms with E-state index in [0.29, 0.717) is 6.61 Å². The lowest BCUT2D eigenvalue weighted by atomic mass is 9.99. The number of hydrogen-bond donors (Lipinski definition) is 2. The molecular weight excluding hydrogens is 158 g/mol. The Morgan fingerprint density at radius 3 is 2.42 bits per heavy atom. The average molecular weight is 175 g/mol. The van der Waals surface area contributed by atoms with Crippen LogP contribution < -0.4 is 5.73 Å². The summed E-state index contributed by atoms with van der Waals surface area (Å²) in [5.41, 5.74) is 5.28. The van der Waals surface area contributed by atoms with E-state index >= 15 is 0 Å². The molecule has 0 aliphatic carbocycles. The Bertz CT molecular complexity index is 151. The summed E-state index contributed by atoms with van der Waals surface area (Å²) in [6.07, 6.45) is 0. The molecule has 0 radical (unpaired) electrons. The largest absolute Gasteiger partial charge is 0.480 e. The molecule has 0 bridgehead atoms. The molecule has 0 unspecified atom stereocenters. The maximum atomic E-state index is 10.2. The van der Waals surface area contributed by atoms with Crippen molar-refractivity contribution < 1.29 is 14.6 Å². The molecule has 12 heavy (non-hydrogen) atoms. The van der Waals surface area contributed by atoms with E-state index in [0.717, 1.165) is 0 Å². The molecule has 1 atom stereocenters. The minimum absolute atomic E-state index is 0.0538. The van der Waals surface area contributed by atoms with Crippen molar-refractivity contribution in [1.29, 1.82) is 0 Å². The highest BCUT2D eigenvalue weighted by molar-refractivity contribution is 5.73. The standard InChI is InChI=1S/C8H17NO3/c1-8(2,3)5-12-4-6(9)7(10)11/h6H,4-5,9H2,1-3H3,(H,10,11)/t6-/m0/s1. The Labute approximate surface area is 72.7 Å². The van der Waals surface area contributed by atoms with E-state index in [1.807, 2.05) is 20.8 Å². The van der Waals surface area contributed by atoms with Crippen LogP contribution in [0.3, 0.4) is 0 Å². The van der Waals surface area contributed by atoms with Crippen LogP contribution in [0.25, 0.3) is 0 Å². The first-order chi connectivity index (χ1) is 5.33. The van der Waals surface area contributed by atoms with Crippen molar-refractivity contribution in [3.63, 3.8) is 0 Å². The van der Waals surface area contributed by atoms with E-state index < -0.39 is 12.0 Å². The smallest absolute Gasteiger partial charge is 0.322 e. The zero-order chi connectivity index (χ0) is 9.78. The van der Waals surface area contributed by atoms with E-state index in [1.54, 1.807) is 0 Å². The van der Waals surface area contributed by atoms with E-state index in [-0.39, 0.29) is 12.0 Å². The highest BCUT2D eigenvalue weighted by atomic mass is 16.5. The monoisotopic (exact) mass is 175 g/mol. The lowest BCUT2D eigenvalue weighted by Crippen LogP contribution is -2.35. The highest BCUT2D eigenvalue weighted by Gasteiger charge is 2.14. The minimum Gasteiger partial charge on any atom is -0.480 e. The van der Waals surface area contributed by atoms with E-state index in [4.69, 9.17) is 15.6 Å². The van der Waals surface area contributed by atoms with E-state index in [2.05, 4.69) is 0 Å². The molecule has 4 heteroatoms. The molecular formula is C8H17NO3. The second-order valence-corrected chi connectivity index (χ2v) is 4.02. The van der Waals surface area contributed by atoms with Gasteiger partial charge in [-0.3, -0.25) is 4.79 Å². The second-order valence-electron chi connectivity index (χ2n) is 4.02. The lowest BCUT2D eigenvalue weighted by Gasteiger charge is -2.18. The van der Waals surface area contributed by atoms with Crippen LogP contribution in [-0.2, 0) is 9.53 Å². The number of aliphatic carboxylic acids is 1. The first-order valence-electron chi connectivity index (χ1n) is 3.89. The molecule has 0 aromatic rings. The molecule has 0 saturated heterocycles. The topological polar surface area (TPSA) is 72.5 Å². The van der Waals surface area contributed by atoms with Gasteiger partial charge < -0.3 is 15.6 Å². The summed E-state index contributed by atoms with van der Waals surface area (Å²) in [5.74, 6) is -1.02. The third-order valence-electron chi connectivity index (χ3n) is 1.15. The molecule has 0 heterocycles. The highest BCUT2D eigenvalue weighted by Crippen LogP contribution is 2.12. The van der Waals surface area contributed by atoms with Gasteiger partial charge in [0.25, 0.3) is 0 Å². The maximum Gasteiger partial charge on any atom is 0.322 e. The van der Waals surface area contributed by atoms with Crippen LogP contribution in [0.2, 0.25) is 0 Å². The Morgan fingerprint density at radius 1 is 1.58 bits per heavy atom. The predicted octanol–water partition coefficient (Wildman–Crippen LogP) is 0.461. The second kappa shape index (κ2) is 4.42. The minimum atomic E-state index is -1.02. The van der Waals surface area contributed by atoms with Gasteiger partial charge in [0.05, 0.1) is 13.2 Å². The first-order valence-corrected chi connectivity index (χ1v) is 3.89. The van der Waals surface area contributed by atoms with Crippen LogP contribution in [0.15, 0.2) is 0 Å². The molecule has 3 N–H and O–H groups in total. The van der Waals surface area contributed by atoms with E-state index in [1.165, 1.54) is 0 Å². The molecule has 0 fully saturated rings. The zero-order valence-electron chi connectivity index (χ0n) is 7.83. The lowest BCUT2D eigenvalue weighted by molar-refractivity contribution is -0.140. The number of hydrogen-bond acceptors (Lipinski definition) is 3.